The van der Waals surface area contributed by atoms with Crippen molar-refractivity contribution in [3.8, 4) is 11.5 Å². The Morgan fingerprint density at radius 3 is 2.37 bits per heavy atom. The van der Waals surface area contributed by atoms with Crippen LogP contribution in [-0.2, 0) is 4.79 Å². The summed E-state index contributed by atoms with van der Waals surface area (Å²) in [5.41, 5.74) is 0.698. The zero-order valence-corrected chi connectivity index (χ0v) is 11.0. The molecular formula is C13H18N2O4. The molecule has 0 radical (unpaired) electrons. The quantitative estimate of drug-likeness (QED) is 0.626. The molecule has 19 heavy (non-hydrogen) atoms. The Bertz CT molecular complexity index is 426. The van der Waals surface area contributed by atoms with Crippen molar-refractivity contribution in [3.05, 3.63) is 18.2 Å². The average Bonchev–Trinajstić information content (AvgIpc) is 2.37. The molecule has 0 aromatic heterocycles. The van der Waals surface area contributed by atoms with Crippen LogP contribution in [0.5, 0.6) is 11.5 Å². The van der Waals surface area contributed by atoms with Gasteiger partial charge >= 0.3 is 5.97 Å². The SMILES string of the molecule is COc1cc(NC(CC=N)CC(=O)O)cc(OC)c1. The van der Waals surface area contributed by atoms with Gasteiger partial charge < -0.3 is 25.3 Å². The molecule has 1 unspecified atom stereocenters. The van der Waals surface area contributed by atoms with Gasteiger partial charge in [0.15, 0.2) is 0 Å². The third-order valence-corrected chi connectivity index (χ3v) is 2.55. The number of methoxy groups -OCH3 is 2. The normalized spacial score (nSPS) is 11.5. The number of nitrogens with one attached hydrogen (secondary N) is 2. The van der Waals surface area contributed by atoms with Crippen LogP contribution < -0.4 is 14.8 Å². The summed E-state index contributed by atoms with van der Waals surface area (Å²) in [5.74, 6) is 0.325. The van der Waals surface area contributed by atoms with Crippen LogP contribution in [0.2, 0.25) is 0 Å². The number of ether oxygens (including phenoxy) is 2. The molecule has 1 aromatic carbocycles. The Kier molecular flexibility index (Phi) is 5.66. The molecule has 0 saturated carbocycles. The second kappa shape index (κ2) is 7.25. The summed E-state index contributed by atoms with van der Waals surface area (Å²) in [5, 5.41) is 19.0. The Labute approximate surface area is 111 Å². The van der Waals surface area contributed by atoms with Gasteiger partial charge in [0, 0.05) is 36.3 Å². The minimum absolute atomic E-state index is 0.0606. The highest BCUT2D eigenvalue weighted by Crippen LogP contribution is 2.26. The molecule has 3 N–H and O–H groups in total. The lowest BCUT2D eigenvalue weighted by molar-refractivity contribution is -0.137. The zero-order chi connectivity index (χ0) is 14.3. The Balaban J connectivity index is 2.87. The van der Waals surface area contributed by atoms with Gasteiger partial charge in [-0.15, -0.1) is 0 Å². The summed E-state index contributed by atoms with van der Waals surface area (Å²) >= 11 is 0. The van der Waals surface area contributed by atoms with Crippen molar-refractivity contribution in [2.24, 2.45) is 0 Å². The molecule has 0 fully saturated rings. The summed E-state index contributed by atoms with van der Waals surface area (Å²) in [6.45, 7) is 0. The maximum absolute atomic E-state index is 10.8. The maximum atomic E-state index is 10.8. The minimum atomic E-state index is -0.908. The molecule has 6 heteroatoms. The topological polar surface area (TPSA) is 91.6 Å². The molecule has 6 nitrogen and oxygen atoms in total. The van der Waals surface area contributed by atoms with Gasteiger partial charge in [0.1, 0.15) is 11.5 Å². The molecule has 0 aliphatic carbocycles. The van der Waals surface area contributed by atoms with Crippen molar-refractivity contribution in [2.45, 2.75) is 18.9 Å². The zero-order valence-electron chi connectivity index (χ0n) is 11.0. The number of aliphatic carboxylic acids is 1. The van der Waals surface area contributed by atoms with Crippen LogP contribution in [0.4, 0.5) is 5.69 Å². The standard InChI is InChI=1S/C13H18N2O4/c1-18-11-5-10(6-12(8-11)19-2)15-9(3-4-14)7-13(16)17/h4-6,8-9,14-15H,3,7H2,1-2H3,(H,16,17). The highest BCUT2D eigenvalue weighted by atomic mass is 16.5. The number of hydrogen-bond acceptors (Lipinski definition) is 5. The van der Waals surface area contributed by atoms with E-state index in [1.165, 1.54) is 6.21 Å². The van der Waals surface area contributed by atoms with Crippen LogP contribution in [-0.4, -0.2) is 37.6 Å². The van der Waals surface area contributed by atoms with E-state index < -0.39 is 5.97 Å². The molecule has 0 heterocycles. The second-order valence-corrected chi connectivity index (χ2v) is 3.98. The summed E-state index contributed by atoms with van der Waals surface area (Å²) in [7, 11) is 3.09. The molecule has 1 atom stereocenters. The fourth-order valence-electron chi connectivity index (χ4n) is 1.67. The Hall–Kier alpha value is -2.24. The molecular weight excluding hydrogens is 248 g/mol. The second-order valence-electron chi connectivity index (χ2n) is 3.98. The number of benzene rings is 1. The summed E-state index contributed by atoms with van der Waals surface area (Å²) in [6, 6.07) is 4.89. The smallest absolute Gasteiger partial charge is 0.305 e. The first-order valence-corrected chi connectivity index (χ1v) is 5.79. The third kappa shape index (κ3) is 4.87. The number of rotatable bonds is 8. The Morgan fingerprint density at radius 2 is 1.95 bits per heavy atom. The lowest BCUT2D eigenvalue weighted by atomic mass is 10.1. The van der Waals surface area contributed by atoms with Crippen molar-refractivity contribution in [1.82, 2.24) is 0 Å². The molecule has 104 valence electrons. The number of carboxylic acids is 1. The van der Waals surface area contributed by atoms with Crippen molar-refractivity contribution >= 4 is 17.9 Å². The lowest BCUT2D eigenvalue weighted by Crippen LogP contribution is -2.23. The number of hydrogen-bond donors (Lipinski definition) is 3. The van der Waals surface area contributed by atoms with Gasteiger partial charge in [-0.25, -0.2) is 0 Å². The van der Waals surface area contributed by atoms with Crippen molar-refractivity contribution in [1.29, 1.82) is 5.41 Å². The van der Waals surface area contributed by atoms with Crippen LogP contribution in [0.15, 0.2) is 18.2 Å². The summed E-state index contributed by atoms with van der Waals surface area (Å²) in [6.07, 6.45) is 1.47. The first kappa shape index (κ1) is 14.8. The molecule has 0 spiro atoms. The van der Waals surface area contributed by atoms with Crippen LogP contribution in [0, 0.1) is 5.41 Å². The van der Waals surface area contributed by atoms with Gasteiger partial charge in [-0.2, -0.15) is 0 Å². The van der Waals surface area contributed by atoms with E-state index in [0.29, 0.717) is 23.6 Å². The van der Waals surface area contributed by atoms with E-state index in [4.69, 9.17) is 20.0 Å². The molecule has 0 bridgehead atoms. The van der Waals surface area contributed by atoms with Crippen LogP contribution in [0.1, 0.15) is 12.8 Å². The largest absolute Gasteiger partial charge is 0.497 e. The van der Waals surface area contributed by atoms with Crippen LogP contribution in [0.3, 0.4) is 0 Å². The number of carbonyl (C=O) groups is 1. The molecule has 0 saturated heterocycles. The molecule has 0 aliphatic heterocycles. The fraction of sp³-hybridized carbons (Fsp3) is 0.385. The van der Waals surface area contributed by atoms with Crippen molar-refractivity contribution < 1.29 is 19.4 Å². The summed E-state index contributed by atoms with van der Waals surface area (Å²) < 4.78 is 10.3. The third-order valence-electron chi connectivity index (χ3n) is 2.55. The molecule has 0 aliphatic rings. The predicted octanol–water partition coefficient (Wildman–Crippen LogP) is 2.00. The average molecular weight is 266 g/mol. The van der Waals surface area contributed by atoms with Crippen molar-refractivity contribution in [3.63, 3.8) is 0 Å². The molecule has 1 rings (SSSR count). The highest BCUT2D eigenvalue weighted by Gasteiger charge is 2.13. The van der Waals surface area contributed by atoms with Crippen LogP contribution >= 0.6 is 0 Å². The van der Waals surface area contributed by atoms with E-state index in [2.05, 4.69) is 5.32 Å². The van der Waals surface area contributed by atoms with E-state index in [0.717, 1.165) is 0 Å². The fourth-order valence-corrected chi connectivity index (χ4v) is 1.67. The molecule has 1 aromatic rings. The predicted molar refractivity (Wildman–Crippen MR) is 72.6 cm³/mol. The van der Waals surface area contributed by atoms with Gasteiger partial charge in [-0.1, -0.05) is 0 Å². The monoisotopic (exact) mass is 266 g/mol. The van der Waals surface area contributed by atoms with Gasteiger partial charge in [0.2, 0.25) is 0 Å². The van der Waals surface area contributed by atoms with Gasteiger partial charge in [-0.05, 0) is 6.21 Å². The first-order valence-electron chi connectivity index (χ1n) is 5.79. The maximum Gasteiger partial charge on any atom is 0.305 e. The van der Waals surface area contributed by atoms with Crippen molar-refractivity contribution in [2.75, 3.05) is 19.5 Å². The van der Waals surface area contributed by atoms with Gasteiger partial charge in [0.25, 0.3) is 0 Å². The molecule has 0 amide bonds. The number of anilines is 1. The van der Waals surface area contributed by atoms with E-state index in [1.54, 1.807) is 32.4 Å². The number of carboxylic acid groups (broad SMARTS) is 1. The minimum Gasteiger partial charge on any atom is -0.497 e. The van der Waals surface area contributed by atoms with E-state index in [1.807, 2.05) is 0 Å². The van der Waals surface area contributed by atoms with Gasteiger partial charge in [0.05, 0.1) is 20.6 Å². The van der Waals surface area contributed by atoms with E-state index >= 15 is 0 Å². The summed E-state index contributed by atoms with van der Waals surface area (Å²) in [4.78, 5) is 10.8. The van der Waals surface area contributed by atoms with Gasteiger partial charge in [-0.3, -0.25) is 4.79 Å². The van der Waals surface area contributed by atoms with Crippen LogP contribution in [0.25, 0.3) is 0 Å². The van der Waals surface area contributed by atoms with E-state index in [-0.39, 0.29) is 12.5 Å². The highest BCUT2D eigenvalue weighted by molar-refractivity contribution is 5.70. The Morgan fingerprint density at radius 1 is 1.37 bits per heavy atom. The lowest BCUT2D eigenvalue weighted by Gasteiger charge is -2.17. The first-order chi connectivity index (χ1) is 9.08. The van der Waals surface area contributed by atoms with E-state index in [9.17, 15) is 4.79 Å².